The molecule has 0 spiro atoms. The number of nitrogens with two attached hydrogens (primary N) is 1. The van der Waals surface area contributed by atoms with Crippen molar-refractivity contribution in [1.29, 1.82) is 0 Å². The van der Waals surface area contributed by atoms with Crippen LogP contribution in [0.15, 0.2) is 18.2 Å². The number of aryl methyl sites for hydroxylation is 2. The Labute approximate surface area is 99.2 Å². The summed E-state index contributed by atoms with van der Waals surface area (Å²) in [6.45, 7) is 6.57. The summed E-state index contributed by atoms with van der Waals surface area (Å²) in [6.07, 6.45) is 4.65. The molecular weight excluding hydrogens is 196 g/mol. The SMILES string of the molecule is CCCCC(Cc1c(C)cccc1C)NN. The van der Waals surface area contributed by atoms with Crippen molar-refractivity contribution in [3.05, 3.63) is 34.9 Å². The fraction of sp³-hybridized carbons (Fsp3) is 0.571. The lowest BCUT2D eigenvalue weighted by Gasteiger charge is -2.18. The van der Waals surface area contributed by atoms with Crippen molar-refractivity contribution >= 4 is 0 Å². The predicted octanol–water partition coefficient (Wildman–Crippen LogP) is 2.87. The van der Waals surface area contributed by atoms with E-state index >= 15 is 0 Å². The molecule has 3 N–H and O–H groups in total. The van der Waals surface area contributed by atoms with Gasteiger partial charge in [-0.25, -0.2) is 0 Å². The zero-order valence-electron chi connectivity index (χ0n) is 10.7. The number of hydrogen-bond donors (Lipinski definition) is 2. The molecule has 0 radical (unpaired) electrons. The molecule has 90 valence electrons. The van der Waals surface area contributed by atoms with E-state index in [9.17, 15) is 0 Å². The second-order valence-electron chi connectivity index (χ2n) is 4.58. The van der Waals surface area contributed by atoms with Gasteiger partial charge in [-0.15, -0.1) is 0 Å². The molecule has 0 amide bonds. The quantitative estimate of drug-likeness (QED) is 0.571. The Kier molecular flexibility index (Phi) is 5.50. The summed E-state index contributed by atoms with van der Waals surface area (Å²) in [7, 11) is 0. The molecule has 0 aliphatic heterocycles. The Hall–Kier alpha value is -0.860. The van der Waals surface area contributed by atoms with Crippen LogP contribution in [0.1, 0.15) is 42.9 Å². The Morgan fingerprint density at radius 2 is 1.88 bits per heavy atom. The first-order valence-electron chi connectivity index (χ1n) is 6.20. The van der Waals surface area contributed by atoms with Gasteiger partial charge >= 0.3 is 0 Å². The van der Waals surface area contributed by atoms with Crippen LogP contribution < -0.4 is 11.3 Å². The minimum atomic E-state index is 0.403. The van der Waals surface area contributed by atoms with Gasteiger partial charge in [0.05, 0.1) is 0 Å². The summed E-state index contributed by atoms with van der Waals surface area (Å²) in [5, 5.41) is 0. The predicted molar refractivity (Wildman–Crippen MR) is 70.3 cm³/mol. The van der Waals surface area contributed by atoms with Crippen LogP contribution in [0, 0.1) is 13.8 Å². The Morgan fingerprint density at radius 3 is 2.38 bits per heavy atom. The number of unbranched alkanes of at least 4 members (excludes halogenated alkanes) is 1. The molecule has 0 aliphatic carbocycles. The van der Waals surface area contributed by atoms with Gasteiger partial charge < -0.3 is 0 Å². The molecule has 0 saturated carbocycles. The maximum absolute atomic E-state index is 5.61. The van der Waals surface area contributed by atoms with Crippen LogP contribution in [0.25, 0.3) is 0 Å². The summed E-state index contributed by atoms with van der Waals surface area (Å²) < 4.78 is 0. The standard InChI is InChI=1S/C14H24N2/c1-4-5-9-13(16-15)10-14-11(2)7-6-8-12(14)3/h6-8,13,16H,4-5,9-10,15H2,1-3H3. The van der Waals surface area contributed by atoms with Crippen LogP contribution in [0.5, 0.6) is 0 Å². The van der Waals surface area contributed by atoms with E-state index in [4.69, 9.17) is 5.84 Å². The molecule has 2 heteroatoms. The zero-order valence-corrected chi connectivity index (χ0v) is 10.7. The average Bonchev–Trinajstić information content (AvgIpc) is 2.28. The molecule has 0 bridgehead atoms. The van der Waals surface area contributed by atoms with Crippen molar-refractivity contribution < 1.29 is 0 Å². The van der Waals surface area contributed by atoms with E-state index < -0.39 is 0 Å². The summed E-state index contributed by atoms with van der Waals surface area (Å²) >= 11 is 0. The molecule has 16 heavy (non-hydrogen) atoms. The lowest BCUT2D eigenvalue weighted by Crippen LogP contribution is -2.37. The van der Waals surface area contributed by atoms with Crippen LogP contribution in [0.3, 0.4) is 0 Å². The van der Waals surface area contributed by atoms with E-state index in [1.807, 2.05) is 0 Å². The monoisotopic (exact) mass is 220 g/mol. The first-order valence-corrected chi connectivity index (χ1v) is 6.20. The molecule has 0 heterocycles. The summed E-state index contributed by atoms with van der Waals surface area (Å²) in [5.74, 6) is 5.61. The third kappa shape index (κ3) is 3.62. The second kappa shape index (κ2) is 6.66. The molecule has 1 unspecified atom stereocenters. The number of rotatable bonds is 6. The third-order valence-corrected chi connectivity index (χ3v) is 3.24. The Balaban J connectivity index is 2.69. The van der Waals surface area contributed by atoms with Gasteiger partial charge in [-0.2, -0.15) is 0 Å². The molecule has 2 nitrogen and oxygen atoms in total. The van der Waals surface area contributed by atoms with Crippen molar-refractivity contribution in [3.63, 3.8) is 0 Å². The number of hydrazine groups is 1. The van der Waals surface area contributed by atoms with E-state index in [2.05, 4.69) is 44.4 Å². The smallest absolute Gasteiger partial charge is 0.0251 e. The zero-order chi connectivity index (χ0) is 12.0. The maximum Gasteiger partial charge on any atom is 0.0251 e. The van der Waals surface area contributed by atoms with Gasteiger partial charge in [-0.1, -0.05) is 38.0 Å². The molecule has 1 rings (SSSR count). The van der Waals surface area contributed by atoms with E-state index in [0.29, 0.717) is 6.04 Å². The second-order valence-corrected chi connectivity index (χ2v) is 4.58. The van der Waals surface area contributed by atoms with E-state index in [0.717, 1.165) is 12.8 Å². The van der Waals surface area contributed by atoms with E-state index in [1.54, 1.807) is 0 Å². The van der Waals surface area contributed by atoms with E-state index in [1.165, 1.54) is 29.5 Å². The largest absolute Gasteiger partial charge is 0.271 e. The van der Waals surface area contributed by atoms with Gasteiger partial charge in [-0.05, 0) is 43.4 Å². The highest BCUT2D eigenvalue weighted by molar-refractivity contribution is 5.34. The Bertz CT molecular complexity index is 300. The number of hydrogen-bond acceptors (Lipinski definition) is 2. The van der Waals surface area contributed by atoms with Crippen LogP contribution in [0.2, 0.25) is 0 Å². The minimum absolute atomic E-state index is 0.403. The van der Waals surface area contributed by atoms with Crippen LogP contribution in [-0.2, 0) is 6.42 Å². The summed E-state index contributed by atoms with van der Waals surface area (Å²) in [4.78, 5) is 0. The van der Waals surface area contributed by atoms with Gasteiger partial charge in [0.15, 0.2) is 0 Å². The first-order chi connectivity index (χ1) is 7.69. The minimum Gasteiger partial charge on any atom is -0.271 e. The van der Waals surface area contributed by atoms with E-state index in [-0.39, 0.29) is 0 Å². The van der Waals surface area contributed by atoms with Crippen LogP contribution in [0.4, 0.5) is 0 Å². The third-order valence-electron chi connectivity index (χ3n) is 3.24. The first kappa shape index (κ1) is 13.2. The Morgan fingerprint density at radius 1 is 1.25 bits per heavy atom. The van der Waals surface area contributed by atoms with Gasteiger partial charge in [0.2, 0.25) is 0 Å². The van der Waals surface area contributed by atoms with Gasteiger partial charge in [-0.3, -0.25) is 11.3 Å². The highest BCUT2D eigenvalue weighted by Crippen LogP contribution is 2.17. The van der Waals surface area contributed by atoms with Crippen molar-refractivity contribution in [1.82, 2.24) is 5.43 Å². The average molecular weight is 220 g/mol. The van der Waals surface area contributed by atoms with Gasteiger partial charge in [0.1, 0.15) is 0 Å². The van der Waals surface area contributed by atoms with Gasteiger partial charge in [0, 0.05) is 6.04 Å². The molecule has 0 saturated heterocycles. The fourth-order valence-electron chi connectivity index (χ4n) is 2.11. The van der Waals surface area contributed by atoms with Crippen molar-refractivity contribution in [2.24, 2.45) is 5.84 Å². The van der Waals surface area contributed by atoms with Crippen molar-refractivity contribution in [3.8, 4) is 0 Å². The molecule has 0 aliphatic rings. The van der Waals surface area contributed by atoms with Gasteiger partial charge in [0.25, 0.3) is 0 Å². The van der Waals surface area contributed by atoms with Crippen LogP contribution >= 0.6 is 0 Å². The highest BCUT2D eigenvalue weighted by atomic mass is 15.2. The fourth-order valence-corrected chi connectivity index (χ4v) is 2.11. The summed E-state index contributed by atoms with van der Waals surface area (Å²) in [5.41, 5.74) is 7.13. The molecule has 1 atom stereocenters. The molecular formula is C14H24N2. The lowest BCUT2D eigenvalue weighted by atomic mass is 9.94. The number of benzene rings is 1. The van der Waals surface area contributed by atoms with Crippen LogP contribution in [-0.4, -0.2) is 6.04 Å². The number of nitrogens with one attached hydrogen (secondary N) is 1. The molecule has 0 fully saturated rings. The molecule has 1 aromatic carbocycles. The van der Waals surface area contributed by atoms with Crippen molar-refractivity contribution in [2.75, 3.05) is 0 Å². The van der Waals surface area contributed by atoms with Crippen molar-refractivity contribution in [2.45, 2.75) is 52.5 Å². The topological polar surface area (TPSA) is 38.0 Å². The maximum atomic E-state index is 5.61. The summed E-state index contributed by atoms with van der Waals surface area (Å²) in [6, 6.07) is 6.87. The lowest BCUT2D eigenvalue weighted by molar-refractivity contribution is 0.472. The molecule has 0 aromatic heterocycles. The highest BCUT2D eigenvalue weighted by Gasteiger charge is 2.10. The molecule has 1 aromatic rings. The normalized spacial score (nSPS) is 12.8.